The van der Waals surface area contributed by atoms with Gasteiger partial charge < -0.3 is 0 Å². The van der Waals surface area contributed by atoms with Gasteiger partial charge in [-0.2, -0.15) is 0 Å². The van der Waals surface area contributed by atoms with Crippen LogP contribution in [0, 0.1) is 0 Å². The molecule has 2 heterocycles. The monoisotopic (exact) mass is 544 g/mol. The largest absolute Gasteiger partial charge is 0.274 e. The summed E-state index contributed by atoms with van der Waals surface area (Å²) in [4.78, 5) is 24.7. The molecule has 0 spiro atoms. The zero-order valence-electron chi connectivity index (χ0n) is 8.61. The van der Waals surface area contributed by atoms with Gasteiger partial charge in [0.25, 0.3) is 0 Å². The highest BCUT2D eigenvalue weighted by atomic mass is 127. The number of imide groups is 1. The van der Waals surface area contributed by atoms with Crippen LogP contribution in [0.2, 0.25) is 0 Å². The van der Waals surface area contributed by atoms with Crippen molar-refractivity contribution in [2.24, 2.45) is 0 Å². The number of aromatic nitrogens is 1. The van der Waals surface area contributed by atoms with Crippen LogP contribution in [0.15, 0.2) is 30.6 Å². The molecule has 98 valence electrons. The third kappa shape index (κ3) is 9.09. The quantitative estimate of drug-likeness (QED) is 0.285. The van der Waals surface area contributed by atoms with Crippen molar-refractivity contribution in [2.45, 2.75) is 12.8 Å². The number of carbonyl (C=O) groups excluding carboxylic acids is 2. The van der Waals surface area contributed by atoms with Gasteiger partial charge in [0.2, 0.25) is 11.8 Å². The number of pyridine rings is 1. The van der Waals surface area contributed by atoms with Gasteiger partial charge in [0.05, 0.1) is 22.9 Å². The van der Waals surface area contributed by atoms with E-state index in [9.17, 15) is 9.59 Å². The average Bonchev–Trinajstić information content (AvgIpc) is 2.53. The SMILES string of the molecule is Br.Br.Br.O=C1CCC(=O)N1I.c1ccncc1. The third-order valence-electron chi connectivity index (χ3n) is 1.56. The molecule has 0 aromatic carbocycles. The van der Waals surface area contributed by atoms with Gasteiger partial charge in [-0.25, -0.2) is 3.11 Å². The molecule has 0 radical (unpaired) electrons. The Kier molecular flexibility index (Phi) is 17.2. The van der Waals surface area contributed by atoms with Gasteiger partial charge in [0.1, 0.15) is 0 Å². The smallest absolute Gasteiger partial charge is 0.238 e. The summed E-state index contributed by atoms with van der Waals surface area (Å²) in [6.07, 6.45) is 4.28. The summed E-state index contributed by atoms with van der Waals surface area (Å²) in [7, 11) is 0. The molecule has 0 aliphatic carbocycles. The first-order valence-electron chi connectivity index (χ1n) is 4.08. The summed E-state index contributed by atoms with van der Waals surface area (Å²) in [6, 6.07) is 5.72. The maximum Gasteiger partial charge on any atom is 0.238 e. The Bertz CT molecular complexity index is 285. The van der Waals surface area contributed by atoms with Gasteiger partial charge >= 0.3 is 0 Å². The Morgan fingerprint density at radius 3 is 1.47 bits per heavy atom. The lowest BCUT2D eigenvalue weighted by Gasteiger charge is -1.97. The summed E-state index contributed by atoms with van der Waals surface area (Å²) in [6.45, 7) is 0. The molecule has 8 heteroatoms. The predicted octanol–water partition coefficient (Wildman–Crippen LogP) is 3.30. The fraction of sp³-hybridized carbons (Fsp3) is 0.222. The summed E-state index contributed by atoms with van der Waals surface area (Å²) in [5, 5.41) is 0. The normalized spacial score (nSPS) is 12.4. The van der Waals surface area contributed by atoms with E-state index in [0.29, 0.717) is 12.8 Å². The molecule has 1 fully saturated rings. The second-order valence-corrected chi connectivity index (χ2v) is 3.56. The summed E-state index contributed by atoms with van der Waals surface area (Å²) >= 11 is 1.72. The van der Waals surface area contributed by atoms with E-state index in [1.54, 1.807) is 35.3 Å². The molecule has 1 aromatic rings. The molecule has 0 N–H and O–H groups in total. The van der Waals surface area contributed by atoms with Crippen molar-refractivity contribution in [2.75, 3.05) is 0 Å². The molecule has 0 bridgehead atoms. The average molecular weight is 547 g/mol. The number of hydrogen-bond donors (Lipinski definition) is 0. The molecular weight excluding hydrogens is 535 g/mol. The van der Waals surface area contributed by atoms with Crippen LogP contribution < -0.4 is 0 Å². The second-order valence-electron chi connectivity index (χ2n) is 2.59. The lowest BCUT2D eigenvalue weighted by atomic mass is 10.4. The summed E-state index contributed by atoms with van der Waals surface area (Å²) in [5.74, 6) is -0.147. The minimum atomic E-state index is -0.0735. The van der Waals surface area contributed by atoms with E-state index in [1.807, 2.05) is 18.2 Å². The standard InChI is InChI=1S/C5H5N.C4H4INO2.3BrH/c1-2-4-6-5-3-1;5-6-3(7)1-2-4(6)8;;;/h1-5H;1-2H2;3*1H. The first kappa shape index (κ1) is 22.6. The second kappa shape index (κ2) is 12.9. The van der Waals surface area contributed by atoms with Crippen molar-refractivity contribution in [1.82, 2.24) is 8.10 Å². The van der Waals surface area contributed by atoms with Crippen molar-refractivity contribution >= 4 is 85.6 Å². The van der Waals surface area contributed by atoms with Gasteiger partial charge in [0, 0.05) is 25.2 Å². The van der Waals surface area contributed by atoms with Crippen LogP contribution in [0.1, 0.15) is 12.8 Å². The van der Waals surface area contributed by atoms with Crippen molar-refractivity contribution < 1.29 is 9.59 Å². The van der Waals surface area contributed by atoms with Crippen molar-refractivity contribution in [3.8, 4) is 0 Å². The summed E-state index contributed by atoms with van der Waals surface area (Å²) < 4.78 is 1.14. The van der Waals surface area contributed by atoms with E-state index in [4.69, 9.17) is 0 Å². The minimum Gasteiger partial charge on any atom is -0.274 e. The van der Waals surface area contributed by atoms with E-state index in [0.717, 1.165) is 3.11 Å². The first-order chi connectivity index (χ1) is 6.72. The number of halogens is 4. The number of rotatable bonds is 0. The molecule has 0 unspecified atom stereocenters. The van der Waals surface area contributed by atoms with Crippen molar-refractivity contribution in [3.63, 3.8) is 0 Å². The van der Waals surface area contributed by atoms with Crippen LogP contribution in [-0.4, -0.2) is 19.9 Å². The van der Waals surface area contributed by atoms with Crippen LogP contribution in [0.4, 0.5) is 0 Å². The molecule has 1 saturated heterocycles. The van der Waals surface area contributed by atoms with E-state index in [1.165, 1.54) is 0 Å². The maximum atomic E-state index is 10.5. The van der Waals surface area contributed by atoms with E-state index in [-0.39, 0.29) is 62.8 Å². The molecule has 1 aromatic heterocycles. The molecule has 1 aliphatic rings. The van der Waals surface area contributed by atoms with Gasteiger partial charge in [0.15, 0.2) is 0 Å². The Labute approximate surface area is 145 Å². The number of carbonyl (C=O) groups is 2. The first-order valence-corrected chi connectivity index (χ1v) is 5.05. The highest BCUT2D eigenvalue weighted by Crippen LogP contribution is 2.15. The Balaban J connectivity index is -0.000000201. The molecule has 2 amide bonds. The molecule has 2 rings (SSSR count). The molecule has 17 heavy (non-hydrogen) atoms. The van der Waals surface area contributed by atoms with Gasteiger partial charge in [-0.3, -0.25) is 14.6 Å². The van der Waals surface area contributed by atoms with Gasteiger partial charge in [-0.15, -0.1) is 50.9 Å². The zero-order chi connectivity index (χ0) is 10.4. The van der Waals surface area contributed by atoms with Crippen molar-refractivity contribution in [3.05, 3.63) is 30.6 Å². The maximum absolute atomic E-state index is 10.5. The number of amides is 2. The number of hydrogen-bond acceptors (Lipinski definition) is 3. The highest BCUT2D eigenvalue weighted by molar-refractivity contribution is 14.1. The van der Waals surface area contributed by atoms with Crippen LogP contribution in [-0.2, 0) is 9.59 Å². The van der Waals surface area contributed by atoms with E-state index < -0.39 is 0 Å². The fourth-order valence-electron chi connectivity index (χ4n) is 0.862. The number of nitrogens with zero attached hydrogens (tertiary/aromatic N) is 2. The van der Waals surface area contributed by atoms with Crippen LogP contribution in [0.5, 0.6) is 0 Å². The van der Waals surface area contributed by atoms with E-state index >= 15 is 0 Å². The Morgan fingerprint density at radius 2 is 1.35 bits per heavy atom. The molecule has 0 saturated carbocycles. The van der Waals surface area contributed by atoms with Crippen LogP contribution in [0.25, 0.3) is 0 Å². The molecule has 1 aliphatic heterocycles. The predicted molar refractivity (Wildman–Crippen MR) is 90.3 cm³/mol. The van der Waals surface area contributed by atoms with Crippen LogP contribution in [0.3, 0.4) is 0 Å². The van der Waals surface area contributed by atoms with Gasteiger partial charge in [-0.1, -0.05) is 6.07 Å². The topological polar surface area (TPSA) is 50.3 Å². The Hall–Kier alpha value is 0.460. The van der Waals surface area contributed by atoms with Crippen LogP contribution >= 0.6 is 73.8 Å². The molecule has 4 nitrogen and oxygen atoms in total. The van der Waals surface area contributed by atoms with Gasteiger partial charge in [-0.05, 0) is 12.1 Å². The third-order valence-corrected chi connectivity index (χ3v) is 2.63. The van der Waals surface area contributed by atoms with Crippen molar-refractivity contribution in [1.29, 1.82) is 0 Å². The highest BCUT2D eigenvalue weighted by Gasteiger charge is 2.26. The lowest BCUT2D eigenvalue weighted by molar-refractivity contribution is -0.130. The molecular formula is C9H12Br3IN2O2. The minimum absolute atomic E-state index is 0. The fourth-order valence-corrected chi connectivity index (χ4v) is 1.34. The van der Waals surface area contributed by atoms with E-state index in [2.05, 4.69) is 4.98 Å². The summed E-state index contributed by atoms with van der Waals surface area (Å²) in [5.41, 5.74) is 0. The molecule has 0 atom stereocenters. The zero-order valence-corrected chi connectivity index (χ0v) is 15.9. The Morgan fingerprint density at radius 1 is 0.941 bits per heavy atom. The lowest BCUT2D eigenvalue weighted by Crippen LogP contribution is -2.16.